The number of nitro benzene ring substituents is 2. The Kier molecular flexibility index (Phi) is 9.38. The topological polar surface area (TPSA) is 161 Å². The Morgan fingerprint density at radius 2 is 1.07 bits per heavy atom. The van der Waals surface area contributed by atoms with Crippen LogP contribution >= 0.6 is 23.2 Å². The number of aromatic carboxylic acids is 2. The summed E-state index contributed by atoms with van der Waals surface area (Å²) in [5.41, 5.74) is -1.73. The number of rotatable bonds is 4. The Balaban J connectivity index is 0.000000483. The van der Waals surface area contributed by atoms with Crippen molar-refractivity contribution in [1.82, 2.24) is 0 Å². The third-order valence-electron chi connectivity index (χ3n) is 2.77. The molecule has 0 heterocycles. The van der Waals surface area contributed by atoms with Gasteiger partial charge in [-0.05, 0) is 24.3 Å². The van der Waals surface area contributed by atoms with Crippen molar-refractivity contribution < 1.29 is 46.7 Å². The van der Waals surface area contributed by atoms with Gasteiger partial charge in [0.05, 0.1) is 9.85 Å². The van der Waals surface area contributed by atoms with E-state index in [9.17, 15) is 29.8 Å². The van der Waals surface area contributed by atoms with Crippen LogP contribution in [-0.2, 0) is 17.1 Å². The molecule has 0 aromatic heterocycles. The molecule has 1 radical (unpaired) electrons. The van der Waals surface area contributed by atoms with Crippen LogP contribution in [0.2, 0.25) is 10.0 Å². The maximum Gasteiger partial charge on any atom is 0.342 e. The molecule has 10 nitrogen and oxygen atoms in total. The van der Waals surface area contributed by atoms with Gasteiger partial charge in [-0.3, -0.25) is 20.2 Å². The second-order valence-corrected chi connectivity index (χ2v) is 5.32. The number of hydrogen-bond donors (Lipinski definition) is 2. The van der Waals surface area contributed by atoms with E-state index in [1.54, 1.807) is 0 Å². The van der Waals surface area contributed by atoms with E-state index in [2.05, 4.69) is 0 Å². The Hall–Kier alpha value is -2.72. The van der Waals surface area contributed by atoms with Crippen LogP contribution in [0.15, 0.2) is 36.4 Å². The SMILES string of the molecule is O=C(O)c1cc(Cl)ccc1[N+](=O)[O-].O=C(O)c1cc(Cl)ccc1[N+](=O)[O-].[Cu]. The summed E-state index contributed by atoms with van der Waals surface area (Å²) in [4.78, 5) is 40.2. The van der Waals surface area contributed by atoms with Crippen molar-refractivity contribution in [3.8, 4) is 0 Å². The molecule has 2 aromatic carbocycles. The average Bonchev–Trinajstić information content (AvgIpc) is 2.54. The van der Waals surface area contributed by atoms with Crippen LogP contribution in [0.1, 0.15) is 20.7 Å². The third kappa shape index (κ3) is 6.83. The predicted octanol–water partition coefficient (Wildman–Crippen LogP) is 3.89. The zero-order chi connectivity index (χ0) is 20.0. The molecule has 0 bridgehead atoms. The first-order chi connectivity index (χ1) is 12.0. The van der Waals surface area contributed by atoms with Crippen LogP contribution in [0.4, 0.5) is 11.4 Å². The summed E-state index contributed by atoms with van der Waals surface area (Å²) < 4.78 is 0. The molecule has 0 amide bonds. The number of nitro groups is 2. The summed E-state index contributed by atoms with van der Waals surface area (Å²) in [6, 6.07) is 6.75. The summed E-state index contributed by atoms with van der Waals surface area (Å²) in [5, 5.41) is 38.1. The number of carboxylic acid groups (broad SMARTS) is 2. The zero-order valence-corrected chi connectivity index (χ0v) is 15.2. The molecule has 0 fully saturated rings. The number of halogens is 2. The van der Waals surface area contributed by atoms with Crippen molar-refractivity contribution in [2.45, 2.75) is 0 Å². The van der Waals surface area contributed by atoms with Crippen molar-refractivity contribution in [2.24, 2.45) is 0 Å². The fourth-order valence-electron chi connectivity index (χ4n) is 1.68. The van der Waals surface area contributed by atoms with E-state index in [0.717, 1.165) is 24.3 Å². The normalized spacial score (nSPS) is 9.26. The molecule has 13 heteroatoms. The summed E-state index contributed by atoms with van der Waals surface area (Å²) >= 11 is 11.0. The van der Waals surface area contributed by atoms with Crippen LogP contribution < -0.4 is 0 Å². The maximum absolute atomic E-state index is 10.5. The van der Waals surface area contributed by atoms with E-state index < -0.39 is 44.3 Å². The molecule has 2 rings (SSSR count). The first-order valence-electron chi connectivity index (χ1n) is 6.39. The molecule has 0 unspecified atom stereocenters. The van der Waals surface area contributed by atoms with Gasteiger partial charge in [-0.25, -0.2) is 9.59 Å². The van der Waals surface area contributed by atoms with Crippen LogP contribution in [-0.4, -0.2) is 32.0 Å². The van der Waals surface area contributed by atoms with Gasteiger partial charge in [-0.15, -0.1) is 0 Å². The number of benzene rings is 2. The fraction of sp³-hybridized carbons (Fsp3) is 0. The number of carboxylic acids is 2. The summed E-state index contributed by atoms with van der Waals surface area (Å²) in [7, 11) is 0. The molecule has 0 atom stereocenters. The monoisotopic (exact) mass is 465 g/mol. The van der Waals surface area contributed by atoms with Gasteiger partial charge >= 0.3 is 11.9 Å². The van der Waals surface area contributed by atoms with Crippen LogP contribution in [0.5, 0.6) is 0 Å². The molecule has 0 saturated heterocycles. The molecule has 0 saturated carbocycles. The van der Waals surface area contributed by atoms with Crippen molar-refractivity contribution in [1.29, 1.82) is 0 Å². The minimum Gasteiger partial charge on any atom is -0.477 e. The van der Waals surface area contributed by atoms with Gasteiger partial charge in [-0.1, -0.05) is 23.2 Å². The molecule has 147 valence electrons. The van der Waals surface area contributed by atoms with E-state index in [1.165, 1.54) is 12.1 Å². The standard InChI is InChI=1S/2C7H4ClNO4.Cu/c2*8-4-1-2-6(9(12)13)5(3-4)7(10)11;/h2*1-3H,(H,10,11);. The Morgan fingerprint density at radius 3 is 1.30 bits per heavy atom. The van der Waals surface area contributed by atoms with Crippen molar-refractivity contribution >= 4 is 46.5 Å². The minimum atomic E-state index is -1.37. The maximum atomic E-state index is 10.5. The van der Waals surface area contributed by atoms with Gasteiger partial charge in [0.15, 0.2) is 0 Å². The Labute approximate surface area is 171 Å². The molecular formula is C14H8Cl2CuN2O8. The molecule has 2 aromatic rings. The largest absolute Gasteiger partial charge is 0.477 e. The fourth-order valence-corrected chi connectivity index (χ4v) is 2.02. The quantitative estimate of drug-likeness (QED) is 0.389. The molecule has 0 spiro atoms. The van der Waals surface area contributed by atoms with Gasteiger partial charge in [0, 0.05) is 39.2 Å². The van der Waals surface area contributed by atoms with Gasteiger partial charge in [0.2, 0.25) is 0 Å². The van der Waals surface area contributed by atoms with Crippen LogP contribution in [0, 0.1) is 20.2 Å². The van der Waals surface area contributed by atoms with E-state index >= 15 is 0 Å². The number of nitrogens with zero attached hydrogens (tertiary/aromatic N) is 2. The first-order valence-corrected chi connectivity index (χ1v) is 7.14. The van der Waals surface area contributed by atoms with E-state index in [0.29, 0.717) is 0 Å². The Morgan fingerprint density at radius 1 is 0.778 bits per heavy atom. The Bertz CT molecular complexity index is 833. The second-order valence-electron chi connectivity index (χ2n) is 4.45. The van der Waals surface area contributed by atoms with E-state index in [1.807, 2.05) is 0 Å². The summed E-state index contributed by atoms with van der Waals surface area (Å²) in [5.74, 6) is -2.73. The van der Waals surface area contributed by atoms with E-state index in [4.69, 9.17) is 33.4 Å². The van der Waals surface area contributed by atoms with Crippen LogP contribution in [0.3, 0.4) is 0 Å². The van der Waals surface area contributed by atoms with Crippen molar-refractivity contribution in [3.05, 3.63) is 77.8 Å². The van der Waals surface area contributed by atoms with Gasteiger partial charge < -0.3 is 10.2 Å². The number of hydrogen-bond acceptors (Lipinski definition) is 6. The molecule has 2 N–H and O–H groups in total. The van der Waals surface area contributed by atoms with Crippen molar-refractivity contribution in [3.63, 3.8) is 0 Å². The molecule has 0 aliphatic heterocycles. The average molecular weight is 467 g/mol. The molecular weight excluding hydrogens is 459 g/mol. The zero-order valence-electron chi connectivity index (χ0n) is 12.8. The molecule has 27 heavy (non-hydrogen) atoms. The minimum absolute atomic E-state index is 0. The molecule has 0 aliphatic rings. The molecule has 0 aliphatic carbocycles. The van der Waals surface area contributed by atoms with Gasteiger partial charge in [-0.2, -0.15) is 0 Å². The van der Waals surface area contributed by atoms with Gasteiger partial charge in [0.25, 0.3) is 11.4 Å². The van der Waals surface area contributed by atoms with Gasteiger partial charge in [0.1, 0.15) is 11.1 Å². The summed E-state index contributed by atoms with van der Waals surface area (Å²) in [6.07, 6.45) is 0. The van der Waals surface area contributed by atoms with Crippen molar-refractivity contribution in [2.75, 3.05) is 0 Å². The number of carbonyl (C=O) groups is 2. The summed E-state index contributed by atoms with van der Waals surface area (Å²) in [6.45, 7) is 0. The third-order valence-corrected chi connectivity index (χ3v) is 3.24. The first kappa shape index (κ1) is 24.3. The second kappa shape index (κ2) is 10.4. The van der Waals surface area contributed by atoms with E-state index in [-0.39, 0.29) is 27.1 Å². The predicted molar refractivity (Wildman–Crippen MR) is 90.1 cm³/mol. The van der Waals surface area contributed by atoms with Crippen LogP contribution in [0.25, 0.3) is 0 Å². The smallest absolute Gasteiger partial charge is 0.342 e.